The summed E-state index contributed by atoms with van der Waals surface area (Å²) in [5, 5.41) is 6.37. The van der Waals surface area contributed by atoms with Crippen molar-refractivity contribution in [3.05, 3.63) is 76.7 Å². The Labute approximate surface area is 161 Å². The normalized spacial score (nSPS) is 10.4. The van der Waals surface area contributed by atoms with Crippen LogP contribution in [0, 0.1) is 12.7 Å². The van der Waals surface area contributed by atoms with Gasteiger partial charge in [0.2, 0.25) is 0 Å². The van der Waals surface area contributed by atoms with Gasteiger partial charge in [-0.05, 0) is 48.9 Å². The average Bonchev–Trinajstić information content (AvgIpc) is 2.65. The summed E-state index contributed by atoms with van der Waals surface area (Å²) in [6.07, 6.45) is 1.44. The fourth-order valence-electron chi connectivity index (χ4n) is 2.44. The number of hydrogen-bond acceptors (Lipinski definition) is 4. The van der Waals surface area contributed by atoms with Crippen molar-refractivity contribution in [1.82, 2.24) is 4.98 Å². The molecule has 2 aromatic carbocycles. The number of methoxy groups -OCH3 is 1. The highest BCUT2D eigenvalue weighted by atomic mass is 35.5. The van der Waals surface area contributed by atoms with Gasteiger partial charge in [-0.15, -0.1) is 0 Å². The third-order valence-electron chi connectivity index (χ3n) is 3.85. The maximum Gasteiger partial charge on any atom is 0.257 e. The molecule has 27 heavy (non-hydrogen) atoms. The monoisotopic (exact) mass is 385 g/mol. The van der Waals surface area contributed by atoms with Crippen LogP contribution in [0.15, 0.2) is 54.7 Å². The van der Waals surface area contributed by atoms with Gasteiger partial charge in [-0.25, -0.2) is 9.37 Å². The SMILES string of the molecule is COc1cc(Cl)c(C)cc1Nc1ccc(C(=O)Nc2cccc(F)c2)cn1. The number of amides is 1. The van der Waals surface area contributed by atoms with E-state index in [-0.39, 0.29) is 5.91 Å². The lowest BCUT2D eigenvalue weighted by Crippen LogP contribution is -2.12. The number of pyridine rings is 1. The first kappa shape index (κ1) is 18.7. The molecule has 7 heteroatoms. The van der Waals surface area contributed by atoms with Crippen LogP contribution in [0.4, 0.5) is 21.6 Å². The Bertz CT molecular complexity index is 977. The number of carbonyl (C=O) groups excluding carboxylic acids is 1. The summed E-state index contributed by atoms with van der Waals surface area (Å²) in [4.78, 5) is 16.5. The third kappa shape index (κ3) is 4.54. The summed E-state index contributed by atoms with van der Waals surface area (Å²) < 4.78 is 18.5. The standard InChI is InChI=1S/C20H17ClFN3O2/c1-12-8-17(18(27-2)10-16(12)21)25-19-7-6-13(11-23-19)20(26)24-15-5-3-4-14(22)9-15/h3-11H,1-2H3,(H,23,25)(H,24,26). The van der Waals surface area contributed by atoms with E-state index in [1.54, 1.807) is 31.4 Å². The zero-order chi connectivity index (χ0) is 19.4. The average molecular weight is 386 g/mol. The molecular formula is C20H17ClFN3O2. The molecule has 0 spiro atoms. The number of nitrogens with one attached hydrogen (secondary N) is 2. The first-order valence-corrected chi connectivity index (χ1v) is 8.48. The number of benzene rings is 2. The Kier molecular flexibility index (Phi) is 5.57. The van der Waals surface area contributed by atoms with Gasteiger partial charge in [0.15, 0.2) is 0 Å². The van der Waals surface area contributed by atoms with Gasteiger partial charge in [-0.1, -0.05) is 17.7 Å². The summed E-state index contributed by atoms with van der Waals surface area (Å²) in [7, 11) is 1.56. The molecule has 5 nitrogen and oxygen atoms in total. The van der Waals surface area contributed by atoms with Crippen LogP contribution in [0.25, 0.3) is 0 Å². The lowest BCUT2D eigenvalue weighted by Gasteiger charge is -2.13. The summed E-state index contributed by atoms with van der Waals surface area (Å²) in [6.45, 7) is 1.89. The van der Waals surface area contributed by atoms with Gasteiger partial charge >= 0.3 is 0 Å². The quantitative estimate of drug-likeness (QED) is 0.634. The Hall–Kier alpha value is -3.12. The molecule has 0 saturated heterocycles. The molecule has 1 aromatic heterocycles. The largest absolute Gasteiger partial charge is 0.495 e. The molecule has 0 aliphatic rings. The zero-order valence-corrected chi connectivity index (χ0v) is 15.5. The molecule has 138 valence electrons. The topological polar surface area (TPSA) is 63.2 Å². The summed E-state index contributed by atoms with van der Waals surface area (Å²) in [5.74, 6) is 0.329. The Morgan fingerprint density at radius 1 is 1.19 bits per heavy atom. The first-order valence-electron chi connectivity index (χ1n) is 8.10. The van der Waals surface area contributed by atoms with E-state index in [0.717, 1.165) is 5.56 Å². The van der Waals surface area contributed by atoms with Crippen molar-refractivity contribution in [2.75, 3.05) is 17.7 Å². The van der Waals surface area contributed by atoms with E-state index in [1.165, 1.54) is 24.4 Å². The van der Waals surface area contributed by atoms with Crippen molar-refractivity contribution in [3.63, 3.8) is 0 Å². The van der Waals surface area contributed by atoms with Crippen molar-refractivity contribution in [2.45, 2.75) is 6.92 Å². The maximum absolute atomic E-state index is 13.2. The molecule has 1 amide bonds. The van der Waals surface area contributed by atoms with Gasteiger partial charge in [-0.2, -0.15) is 0 Å². The number of halogens is 2. The van der Waals surface area contributed by atoms with Crippen molar-refractivity contribution in [3.8, 4) is 5.75 Å². The number of ether oxygens (including phenoxy) is 1. The molecule has 0 aliphatic heterocycles. The van der Waals surface area contributed by atoms with Gasteiger partial charge in [-0.3, -0.25) is 4.79 Å². The van der Waals surface area contributed by atoms with Gasteiger partial charge in [0.1, 0.15) is 17.4 Å². The van der Waals surface area contributed by atoms with E-state index >= 15 is 0 Å². The Balaban J connectivity index is 1.74. The highest BCUT2D eigenvalue weighted by molar-refractivity contribution is 6.31. The third-order valence-corrected chi connectivity index (χ3v) is 4.26. The molecule has 1 heterocycles. The molecule has 3 rings (SSSR count). The van der Waals surface area contributed by atoms with Crippen molar-refractivity contribution in [2.24, 2.45) is 0 Å². The molecule has 0 saturated carbocycles. The minimum Gasteiger partial charge on any atom is -0.495 e. The molecule has 3 aromatic rings. The molecule has 0 unspecified atom stereocenters. The predicted octanol–water partition coefficient (Wildman–Crippen LogP) is 5.19. The summed E-state index contributed by atoms with van der Waals surface area (Å²) >= 11 is 6.11. The second-order valence-corrected chi connectivity index (χ2v) is 6.23. The van der Waals surface area contributed by atoms with E-state index in [2.05, 4.69) is 15.6 Å². The molecule has 0 radical (unpaired) electrons. The van der Waals surface area contributed by atoms with Crippen molar-refractivity contribution < 1.29 is 13.9 Å². The second-order valence-electron chi connectivity index (χ2n) is 5.82. The van der Waals surface area contributed by atoms with E-state index < -0.39 is 5.82 Å². The number of nitrogens with zero attached hydrogens (tertiary/aromatic N) is 1. The number of hydrogen-bond donors (Lipinski definition) is 2. The molecular weight excluding hydrogens is 369 g/mol. The van der Waals surface area contributed by atoms with E-state index in [9.17, 15) is 9.18 Å². The van der Waals surface area contributed by atoms with Crippen LogP contribution in [0.1, 0.15) is 15.9 Å². The minimum atomic E-state index is -0.419. The smallest absolute Gasteiger partial charge is 0.257 e. The van der Waals surface area contributed by atoms with Crippen LogP contribution >= 0.6 is 11.6 Å². The van der Waals surface area contributed by atoms with E-state index in [0.29, 0.717) is 33.5 Å². The predicted molar refractivity (Wildman–Crippen MR) is 105 cm³/mol. The number of rotatable bonds is 5. The Morgan fingerprint density at radius 3 is 2.67 bits per heavy atom. The molecule has 2 N–H and O–H groups in total. The van der Waals surface area contributed by atoms with Crippen LogP contribution in [-0.4, -0.2) is 18.0 Å². The second kappa shape index (κ2) is 8.05. The molecule has 0 bridgehead atoms. The number of aryl methyl sites for hydroxylation is 1. The molecule has 0 aliphatic carbocycles. The highest BCUT2D eigenvalue weighted by Crippen LogP contribution is 2.32. The van der Waals surface area contributed by atoms with Gasteiger partial charge in [0, 0.05) is 23.0 Å². The van der Waals surface area contributed by atoms with Crippen LogP contribution in [-0.2, 0) is 0 Å². The fourth-order valence-corrected chi connectivity index (χ4v) is 2.59. The Morgan fingerprint density at radius 2 is 2.00 bits per heavy atom. The van der Waals surface area contributed by atoms with Crippen LogP contribution < -0.4 is 15.4 Å². The van der Waals surface area contributed by atoms with E-state index in [4.69, 9.17) is 16.3 Å². The first-order chi connectivity index (χ1) is 13.0. The van der Waals surface area contributed by atoms with Crippen molar-refractivity contribution >= 4 is 34.7 Å². The minimum absolute atomic E-state index is 0.351. The molecule has 0 atom stereocenters. The number of aromatic nitrogens is 1. The van der Waals surface area contributed by atoms with Crippen LogP contribution in [0.5, 0.6) is 5.75 Å². The molecule has 0 fully saturated rings. The summed E-state index contributed by atoms with van der Waals surface area (Å²) in [5.41, 5.74) is 2.34. The maximum atomic E-state index is 13.2. The van der Waals surface area contributed by atoms with Gasteiger partial charge < -0.3 is 15.4 Å². The fraction of sp³-hybridized carbons (Fsp3) is 0.100. The van der Waals surface area contributed by atoms with Gasteiger partial charge in [0.25, 0.3) is 5.91 Å². The highest BCUT2D eigenvalue weighted by Gasteiger charge is 2.10. The number of carbonyl (C=O) groups is 1. The number of anilines is 3. The zero-order valence-electron chi connectivity index (χ0n) is 14.7. The van der Waals surface area contributed by atoms with Crippen LogP contribution in [0.2, 0.25) is 5.02 Å². The lowest BCUT2D eigenvalue weighted by atomic mass is 10.2. The van der Waals surface area contributed by atoms with Crippen molar-refractivity contribution in [1.29, 1.82) is 0 Å². The van der Waals surface area contributed by atoms with Crippen LogP contribution in [0.3, 0.4) is 0 Å². The summed E-state index contributed by atoms with van der Waals surface area (Å²) in [6, 6.07) is 12.6. The lowest BCUT2D eigenvalue weighted by molar-refractivity contribution is 0.102. The van der Waals surface area contributed by atoms with Gasteiger partial charge in [0.05, 0.1) is 18.4 Å². The van der Waals surface area contributed by atoms with E-state index in [1.807, 2.05) is 13.0 Å².